The third-order valence-electron chi connectivity index (χ3n) is 6.09. The van der Waals surface area contributed by atoms with Crippen molar-refractivity contribution in [3.63, 3.8) is 0 Å². The largest absolute Gasteiger partial charge is 0.455 e. The van der Waals surface area contributed by atoms with Crippen LogP contribution in [0, 0.1) is 29.6 Å². The van der Waals surface area contributed by atoms with Gasteiger partial charge in [0.05, 0.1) is 0 Å². The molecule has 0 amide bonds. The van der Waals surface area contributed by atoms with Crippen molar-refractivity contribution in [2.45, 2.75) is 64.4 Å². The van der Waals surface area contributed by atoms with E-state index in [1.165, 1.54) is 38.2 Å². The zero-order chi connectivity index (χ0) is 14.3. The molecule has 0 aromatic carbocycles. The van der Waals surface area contributed by atoms with Crippen molar-refractivity contribution in [2.24, 2.45) is 29.6 Å². The molecule has 4 aliphatic rings. The maximum absolute atomic E-state index is 11.9. The molecule has 0 aromatic rings. The van der Waals surface area contributed by atoms with E-state index in [1.807, 2.05) is 0 Å². The monoisotopic (exact) mass is 276 g/mol. The van der Waals surface area contributed by atoms with Crippen LogP contribution in [-0.4, -0.2) is 11.6 Å². The fourth-order valence-corrected chi connectivity index (χ4v) is 5.35. The number of rotatable bonds is 5. The lowest BCUT2D eigenvalue weighted by atomic mass is 9.49. The molecule has 0 aliphatic heterocycles. The van der Waals surface area contributed by atoms with Crippen molar-refractivity contribution in [1.29, 1.82) is 0 Å². The van der Waals surface area contributed by atoms with E-state index >= 15 is 0 Å². The van der Waals surface area contributed by atoms with Gasteiger partial charge in [-0.25, -0.2) is 4.79 Å². The van der Waals surface area contributed by atoms with E-state index in [0.29, 0.717) is 17.8 Å². The molecular formula is C18H28O2. The second-order valence-electron chi connectivity index (χ2n) is 7.82. The Balaban J connectivity index is 1.84. The molecule has 0 heterocycles. The summed E-state index contributed by atoms with van der Waals surface area (Å²) in [5, 5.41) is 0. The maximum Gasteiger partial charge on any atom is 0.330 e. The Labute approximate surface area is 123 Å². The number of esters is 1. The van der Waals surface area contributed by atoms with Crippen LogP contribution in [0.5, 0.6) is 0 Å². The number of hydrogen-bond acceptors (Lipinski definition) is 2. The van der Waals surface area contributed by atoms with Crippen LogP contribution in [0.15, 0.2) is 12.7 Å². The van der Waals surface area contributed by atoms with E-state index in [0.717, 1.165) is 24.7 Å². The van der Waals surface area contributed by atoms with Crippen molar-refractivity contribution in [2.75, 3.05) is 0 Å². The zero-order valence-electron chi connectivity index (χ0n) is 12.9. The lowest BCUT2D eigenvalue weighted by molar-refractivity contribution is -0.208. The second kappa shape index (κ2) is 5.20. The van der Waals surface area contributed by atoms with Gasteiger partial charge in [0, 0.05) is 6.08 Å². The smallest absolute Gasteiger partial charge is 0.330 e. The van der Waals surface area contributed by atoms with E-state index in [-0.39, 0.29) is 11.6 Å². The topological polar surface area (TPSA) is 26.3 Å². The Morgan fingerprint density at radius 3 is 2.20 bits per heavy atom. The van der Waals surface area contributed by atoms with Gasteiger partial charge in [0.2, 0.25) is 0 Å². The van der Waals surface area contributed by atoms with Gasteiger partial charge in [-0.2, -0.15) is 0 Å². The van der Waals surface area contributed by atoms with E-state index in [4.69, 9.17) is 4.74 Å². The van der Waals surface area contributed by atoms with Crippen molar-refractivity contribution in [1.82, 2.24) is 0 Å². The summed E-state index contributed by atoms with van der Waals surface area (Å²) in [7, 11) is 0. The summed E-state index contributed by atoms with van der Waals surface area (Å²) in [4.78, 5) is 11.9. The van der Waals surface area contributed by atoms with E-state index < -0.39 is 0 Å². The Bertz CT molecular complexity index is 368. The fraction of sp³-hybridized carbons (Fsp3) is 0.833. The van der Waals surface area contributed by atoms with E-state index in [1.54, 1.807) is 0 Å². The second-order valence-corrected chi connectivity index (χ2v) is 7.82. The fourth-order valence-electron chi connectivity index (χ4n) is 5.35. The molecule has 4 aliphatic carbocycles. The number of hydrogen-bond donors (Lipinski definition) is 0. The molecule has 112 valence electrons. The van der Waals surface area contributed by atoms with Gasteiger partial charge in [0.1, 0.15) is 5.60 Å². The normalized spacial score (nSPS) is 42.0. The average Bonchev–Trinajstić information content (AvgIpc) is 2.40. The molecule has 2 heteroatoms. The molecule has 0 N–H and O–H groups in total. The highest BCUT2D eigenvalue weighted by molar-refractivity contribution is 5.81. The molecule has 4 rings (SSSR count). The van der Waals surface area contributed by atoms with Crippen LogP contribution < -0.4 is 0 Å². The molecule has 0 unspecified atom stereocenters. The molecule has 2 nitrogen and oxygen atoms in total. The minimum Gasteiger partial charge on any atom is -0.455 e. The summed E-state index contributed by atoms with van der Waals surface area (Å²) in [6, 6.07) is 0. The third kappa shape index (κ3) is 2.31. The van der Waals surface area contributed by atoms with Crippen molar-refractivity contribution in [3.05, 3.63) is 12.7 Å². The van der Waals surface area contributed by atoms with Crippen LogP contribution in [-0.2, 0) is 9.53 Å². The highest BCUT2D eigenvalue weighted by Gasteiger charge is 2.58. The summed E-state index contributed by atoms with van der Waals surface area (Å²) in [5.41, 5.74) is -0.164. The standard InChI is InChI=1S/C18H28O2/c1-4-17(19)20-18(6-5-12(2)3)15-8-13-7-14(10-15)11-16(18)9-13/h4,12-16H,1,5-11H2,2-3H3. The summed E-state index contributed by atoms with van der Waals surface area (Å²) >= 11 is 0. The van der Waals surface area contributed by atoms with Gasteiger partial charge >= 0.3 is 5.97 Å². The van der Waals surface area contributed by atoms with Crippen molar-refractivity contribution < 1.29 is 9.53 Å². The lowest BCUT2D eigenvalue weighted by Gasteiger charge is -2.60. The van der Waals surface area contributed by atoms with Crippen molar-refractivity contribution in [3.8, 4) is 0 Å². The summed E-state index contributed by atoms with van der Waals surface area (Å²) in [6.45, 7) is 8.12. The van der Waals surface area contributed by atoms with Crippen LogP contribution in [0.3, 0.4) is 0 Å². The zero-order valence-corrected chi connectivity index (χ0v) is 12.9. The highest BCUT2D eigenvalue weighted by atomic mass is 16.6. The molecule has 0 spiro atoms. The van der Waals surface area contributed by atoms with Gasteiger partial charge in [-0.3, -0.25) is 0 Å². The quantitative estimate of drug-likeness (QED) is 0.551. The molecular weight excluding hydrogens is 248 g/mol. The SMILES string of the molecule is C=CC(=O)OC1(CCC(C)C)C2CC3CC(C2)CC1C3. The molecule has 0 saturated heterocycles. The first-order chi connectivity index (χ1) is 9.53. The minimum atomic E-state index is -0.207. The van der Waals surface area contributed by atoms with Gasteiger partial charge in [-0.05, 0) is 74.5 Å². The van der Waals surface area contributed by atoms with Gasteiger partial charge < -0.3 is 4.74 Å². The number of carbonyl (C=O) groups is 1. The molecule has 0 radical (unpaired) electrons. The van der Waals surface area contributed by atoms with Crippen LogP contribution >= 0.6 is 0 Å². The first kappa shape index (κ1) is 14.2. The Morgan fingerprint density at radius 1 is 1.20 bits per heavy atom. The number of carbonyl (C=O) groups excluding carboxylic acids is 1. The highest BCUT2D eigenvalue weighted by Crippen LogP contribution is 2.61. The molecule has 20 heavy (non-hydrogen) atoms. The molecule has 4 saturated carbocycles. The predicted octanol–water partition coefficient (Wildman–Crippen LogP) is 4.35. The predicted molar refractivity (Wildman–Crippen MR) is 80.1 cm³/mol. The molecule has 0 aromatic heterocycles. The van der Waals surface area contributed by atoms with Crippen LogP contribution in [0.2, 0.25) is 0 Å². The Hall–Kier alpha value is -0.790. The summed E-state index contributed by atoms with van der Waals surface area (Å²) < 4.78 is 6.06. The molecule has 0 atom stereocenters. The summed E-state index contributed by atoms with van der Waals surface area (Å²) in [5.74, 6) is 3.51. The van der Waals surface area contributed by atoms with Gasteiger partial charge in [0.25, 0.3) is 0 Å². The molecule has 4 bridgehead atoms. The Morgan fingerprint density at radius 2 is 1.75 bits per heavy atom. The van der Waals surface area contributed by atoms with Gasteiger partial charge in [0.15, 0.2) is 0 Å². The Kier molecular flexibility index (Phi) is 3.68. The third-order valence-corrected chi connectivity index (χ3v) is 6.09. The van der Waals surface area contributed by atoms with Crippen LogP contribution in [0.25, 0.3) is 0 Å². The van der Waals surface area contributed by atoms with Crippen LogP contribution in [0.4, 0.5) is 0 Å². The van der Waals surface area contributed by atoms with E-state index in [9.17, 15) is 4.79 Å². The van der Waals surface area contributed by atoms with Crippen molar-refractivity contribution >= 4 is 5.97 Å². The number of ether oxygens (including phenoxy) is 1. The van der Waals surface area contributed by atoms with Gasteiger partial charge in [-0.15, -0.1) is 0 Å². The van der Waals surface area contributed by atoms with Crippen LogP contribution in [0.1, 0.15) is 58.8 Å². The lowest BCUT2D eigenvalue weighted by Crippen LogP contribution is -2.59. The first-order valence-corrected chi connectivity index (χ1v) is 8.39. The minimum absolute atomic E-state index is 0.164. The first-order valence-electron chi connectivity index (χ1n) is 8.39. The van der Waals surface area contributed by atoms with E-state index in [2.05, 4.69) is 20.4 Å². The maximum atomic E-state index is 11.9. The summed E-state index contributed by atoms with van der Waals surface area (Å²) in [6.07, 6.45) is 10.1. The van der Waals surface area contributed by atoms with Gasteiger partial charge in [-0.1, -0.05) is 20.4 Å². The average molecular weight is 276 g/mol. The molecule has 4 fully saturated rings.